The number of aryl methyl sites for hydroxylation is 2. The van der Waals surface area contributed by atoms with Gasteiger partial charge in [0.2, 0.25) is 0 Å². The Kier molecular flexibility index (Phi) is 3.63. The molecular weight excluding hydrogens is 236 g/mol. The maximum Gasteiger partial charge on any atom is 0.115 e. The standard InChI is InChI=1S/C17H20O2/c1-12-7-8-13(2)16(9-12)17(3,19)11-14-5-4-6-15(18)10-14/h4-10,18-19H,11H2,1-3H3. The van der Waals surface area contributed by atoms with Crippen LogP contribution in [0, 0.1) is 13.8 Å². The molecular formula is C17H20O2. The van der Waals surface area contributed by atoms with Crippen LogP contribution in [0.25, 0.3) is 0 Å². The molecule has 2 rings (SSSR count). The number of phenols is 1. The molecule has 0 radical (unpaired) electrons. The molecule has 0 aromatic heterocycles. The van der Waals surface area contributed by atoms with Gasteiger partial charge in [0, 0.05) is 6.42 Å². The third-order valence-electron chi connectivity index (χ3n) is 3.43. The molecule has 0 spiro atoms. The Hall–Kier alpha value is -1.80. The summed E-state index contributed by atoms with van der Waals surface area (Å²) in [6, 6.07) is 13.1. The first-order chi connectivity index (χ1) is 8.88. The van der Waals surface area contributed by atoms with E-state index < -0.39 is 5.60 Å². The number of aromatic hydroxyl groups is 1. The van der Waals surface area contributed by atoms with E-state index in [0.29, 0.717) is 6.42 Å². The van der Waals surface area contributed by atoms with Gasteiger partial charge in [0.15, 0.2) is 0 Å². The lowest BCUT2D eigenvalue weighted by Crippen LogP contribution is -2.25. The van der Waals surface area contributed by atoms with E-state index in [1.807, 2.05) is 45.0 Å². The van der Waals surface area contributed by atoms with Gasteiger partial charge in [-0.3, -0.25) is 0 Å². The summed E-state index contributed by atoms with van der Waals surface area (Å²) < 4.78 is 0. The topological polar surface area (TPSA) is 40.5 Å². The Labute approximate surface area is 114 Å². The highest BCUT2D eigenvalue weighted by Crippen LogP contribution is 2.29. The van der Waals surface area contributed by atoms with E-state index in [0.717, 1.165) is 22.3 Å². The number of hydrogen-bond donors (Lipinski definition) is 2. The fourth-order valence-electron chi connectivity index (χ4n) is 2.48. The van der Waals surface area contributed by atoms with E-state index in [4.69, 9.17) is 0 Å². The van der Waals surface area contributed by atoms with Crippen molar-refractivity contribution in [1.29, 1.82) is 0 Å². The molecule has 0 aliphatic heterocycles. The summed E-state index contributed by atoms with van der Waals surface area (Å²) in [4.78, 5) is 0. The summed E-state index contributed by atoms with van der Waals surface area (Å²) in [5, 5.41) is 20.3. The van der Waals surface area contributed by atoms with Gasteiger partial charge in [-0.2, -0.15) is 0 Å². The molecule has 1 unspecified atom stereocenters. The minimum atomic E-state index is -0.941. The van der Waals surface area contributed by atoms with Gasteiger partial charge in [0.05, 0.1) is 5.60 Å². The molecule has 0 aliphatic carbocycles. The summed E-state index contributed by atoms with van der Waals surface area (Å²) in [5.41, 5.74) is 3.14. The summed E-state index contributed by atoms with van der Waals surface area (Å²) in [6.07, 6.45) is 0.478. The quantitative estimate of drug-likeness (QED) is 0.883. The summed E-state index contributed by atoms with van der Waals surface area (Å²) >= 11 is 0. The van der Waals surface area contributed by atoms with E-state index in [-0.39, 0.29) is 5.75 Å². The first kappa shape index (κ1) is 13.6. The number of aliphatic hydroxyl groups is 1. The zero-order valence-corrected chi connectivity index (χ0v) is 11.6. The third-order valence-corrected chi connectivity index (χ3v) is 3.43. The normalized spacial score (nSPS) is 14.1. The lowest BCUT2D eigenvalue weighted by atomic mass is 9.85. The molecule has 2 heteroatoms. The number of benzene rings is 2. The highest BCUT2D eigenvalue weighted by atomic mass is 16.3. The van der Waals surface area contributed by atoms with E-state index in [2.05, 4.69) is 0 Å². The van der Waals surface area contributed by atoms with E-state index >= 15 is 0 Å². The Morgan fingerprint density at radius 2 is 1.79 bits per heavy atom. The molecule has 0 fully saturated rings. The molecule has 0 heterocycles. The molecule has 2 N–H and O–H groups in total. The second-order valence-electron chi connectivity index (χ2n) is 5.44. The Morgan fingerprint density at radius 1 is 1.05 bits per heavy atom. The average molecular weight is 256 g/mol. The van der Waals surface area contributed by atoms with Crippen molar-refractivity contribution in [2.24, 2.45) is 0 Å². The van der Waals surface area contributed by atoms with Crippen molar-refractivity contribution in [2.75, 3.05) is 0 Å². The molecule has 19 heavy (non-hydrogen) atoms. The molecule has 0 amide bonds. The van der Waals surface area contributed by atoms with Crippen LogP contribution in [-0.2, 0) is 12.0 Å². The molecule has 2 aromatic carbocycles. The van der Waals surface area contributed by atoms with E-state index in [1.165, 1.54) is 0 Å². The maximum atomic E-state index is 10.8. The average Bonchev–Trinajstić information content (AvgIpc) is 2.31. The number of hydrogen-bond acceptors (Lipinski definition) is 2. The molecule has 2 aromatic rings. The van der Waals surface area contributed by atoms with Crippen LogP contribution in [0.1, 0.15) is 29.2 Å². The molecule has 0 saturated carbocycles. The van der Waals surface area contributed by atoms with Gasteiger partial charge in [-0.15, -0.1) is 0 Å². The SMILES string of the molecule is Cc1ccc(C)c(C(C)(O)Cc2cccc(O)c2)c1. The minimum absolute atomic E-state index is 0.231. The van der Waals surface area contributed by atoms with Crippen LogP contribution >= 0.6 is 0 Å². The lowest BCUT2D eigenvalue weighted by molar-refractivity contribution is 0.0569. The first-order valence-electron chi connectivity index (χ1n) is 6.46. The van der Waals surface area contributed by atoms with Crippen LogP contribution in [0.2, 0.25) is 0 Å². The molecule has 2 nitrogen and oxygen atoms in total. The van der Waals surface area contributed by atoms with Crippen molar-refractivity contribution >= 4 is 0 Å². The van der Waals surface area contributed by atoms with Gasteiger partial charge in [-0.05, 0) is 49.6 Å². The molecule has 0 saturated heterocycles. The lowest BCUT2D eigenvalue weighted by Gasteiger charge is -2.26. The first-order valence-corrected chi connectivity index (χ1v) is 6.46. The summed E-state index contributed by atoms with van der Waals surface area (Å²) in [5.74, 6) is 0.231. The zero-order valence-electron chi connectivity index (χ0n) is 11.6. The fourth-order valence-corrected chi connectivity index (χ4v) is 2.48. The second-order valence-corrected chi connectivity index (χ2v) is 5.44. The van der Waals surface area contributed by atoms with Crippen molar-refractivity contribution in [3.05, 3.63) is 64.7 Å². The van der Waals surface area contributed by atoms with Crippen LogP contribution in [-0.4, -0.2) is 10.2 Å². The Morgan fingerprint density at radius 3 is 2.47 bits per heavy atom. The minimum Gasteiger partial charge on any atom is -0.508 e. The van der Waals surface area contributed by atoms with Gasteiger partial charge >= 0.3 is 0 Å². The zero-order chi connectivity index (χ0) is 14.0. The van der Waals surface area contributed by atoms with Crippen molar-refractivity contribution in [3.63, 3.8) is 0 Å². The Balaban J connectivity index is 2.34. The van der Waals surface area contributed by atoms with Crippen LogP contribution in [0.5, 0.6) is 5.75 Å². The molecule has 0 aliphatic rings. The van der Waals surface area contributed by atoms with Crippen molar-refractivity contribution < 1.29 is 10.2 Å². The largest absolute Gasteiger partial charge is 0.508 e. The Bertz CT molecular complexity index is 586. The highest BCUT2D eigenvalue weighted by molar-refractivity contribution is 5.37. The van der Waals surface area contributed by atoms with Crippen LogP contribution in [0.4, 0.5) is 0 Å². The number of rotatable bonds is 3. The van der Waals surface area contributed by atoms with Gasteiger partial charge in [0.25, 0.3) is 0 Å². The molecule has 1 atom stereocenters. The van der Waals surface area contributed by atoms with Crippen LogP contribution < -0.4 is 0 Å². The summed E-state index contributed by atoms with van der Waals surface area (Å²) in [6.45, 7) is 5.85. The van der Waals surface area contributed by atoms with Crippen molar-refractivity contribution in [1.82, 2.24) is 0 Å². The van der Waals surface area contributed by atoms with E-state index in [1.54, 1.807) is 18.2 Å². The van der Waals surface area contributed by atoms with Gasteiger partial charge in [0.1, 0.15) is 5.75 Å². The predicted molar refractivity (Wildman–Crippen MR) is 77.3 cm³/mol. The molecule has 0 bridgehead atoms. The second kappa shape index (κ2) is 5.06. The maximum absolute atomic E-state index is 10.8. The van der Waals surface area contributed by atoms with Gasteiger partial charge in [-0.1, -0.05) is 35.9 Å². The van der Waals surface area contributed by atoms with Gasteiger partial charge in [-0.25, -0.2) is 0 Å². The van der Waals surface area contributed by atoms with E-state index in [9.17, 15) is 10.2 Å². The smallest absolute Gasteiger partial charge is 0.115 e. The van der Waals surface area contributed by atoms with Gasteiger partial charge < -0.3 is 10.2 Å². The van der Waals surface area contributed by atoms with Crippen molar-refractivity contribution in [3.8, 4) is 5.75 Å². The van der Waals surface area contributed by atoms with Crippen LogP contribution in [0.15, 0.2) is 42.5 Å². The van der Waals surface area contributed by atoms with Crippen LogP contribution in [0.3, 0.4) is 0 Å². The summed E-state index contributed by atoms with van der Waals surface area (Å²) in [7, 11) is 0. The predicted octanol–water partition coefficient (Wildman–Crippen LogP) is 3.46. The number of phenolic OH excluding ortho intramolecular Hbond substituents is 1. The highest BCUT2D eigenvalue weighted by Gasteiger charge is 2.25. The monoisotopic (exact) mass is 256 g/mol. The molecule has 100 valence electrons. The third kappa shape index (κ3) is 3.15. The van der Waals surface area contributed by atoms with Crippen molar-refractivity contribution in [2.45, 2.75) is 32.8 Å². The fraction of sp³-hybridized carbons (Fsp3) is 0.294.